The standard InChI is InChI=1S/C15H21F3N2O/c1-10(2)19-14(21)11(3)20-13(9-15(16,17)18)12-7-5-4-6-8-12/h4-8,10-11,13,20H,9H2,1-3H3,(H,19,21). The predicted molar refractivity (Wildman–Crippen MR) is 75.7 cm³/mol. The van der Waals surface area contributed by atoms with Crippen molar-refractivity contribution in [3.63, 3.8) is 0 Å². The van der Waals surface area contributed by atoms with Crippen LogP contribution in [-0.2, 0) is 4.79 Å². The van der Waals surface area contributed by atoms with Gasteiger partial charge in [0.25, 0.3) is 0 Å². The molecular formula is C15H21F3N2O. The third-order valence-electron chi connectivity index (χ3n) is 2.91. The summed E-state index contributed by atoms with van der Waals surface area (Å²) in [6.45, 7) is 5.16. The Labute approximate surface area is 122 Å². The summed E-state index contributed by atoms with van der Waals surface area (Å²) < 4.78 is 38.1. The Morgan fingerprint density at radius 2 is 1.71 bits per heavy atom. The van der Waals surface area contributed by atoms with Gasteiger partial charge >= 0.3 is 6.18 Å². The van der Waals surface area contributed by atoms with Gasteiger partial charge in [0.05, 0.1) is 12.5 Å². The summed E-state index contributed by atoms with van der Waals surface area (Å²) in [6.07, 6.45) is -5.32. The quantitative estimate of drug-likeness (QED) is 0.847. The molecule has 1 aromatic carbocycles. The smallest absolute Gasteiger partial charge is 0.353 e. The molecule has 1 aromatic rings. The van der Waals surface area contributed by atoms with Crippen LogP contribution in [0.15, 0.2) is 30.3 Å². The van der Waals surface area contributed by atoms with E-state index >= 15 is 0 Å². The zero-order chi connectivity index (χ0) is 16.0. The molecule has 0 heterocycles. The molecule has 0 saturated heterocycles. The Morgan fingerprint density at radius 3 is 2.19 bits per heavy atom. The number of carbonyl (C=O) groups excluding carboxylic acids is 1. The van der Waals surface area contributed by atoms with Crippen LogP contribution in [-0.4, -0.2) is 24.2 Å². The molecule has 0 aliphatic rings. The lowest BCUT2D eigenvalue weighted by Gasteiger charge is -2.25. The average molecular weight is 302 g/mol. The monoisotopic (exact) mass is 302 g/mol. The first-order chi connectivity index (χ1) is 9.69. The van der Waals surface area contributed by atoms with Gasteiger partial charge in [-0.3, -0.25) is 10.1 Å². The number of rotatable bonds is 6. The van der Waals surface area contributed by atoms with Crippen LogP contribution in [0.5, 0.6) is 0 Å². The van der Waals surface area contributed by atoms with E-state index in [0.717, 1.165) is 0 Å². The van der Waals surface area contributed by atoms with Gasteiger partial charge in [0, 0.05) is 12.1 Å². The van der Waals surface area contributed by atoms with Crippen LogP contribution in [0.25, 0.3) is 0 Å². The molecule has 0 radical (unpaired) electrons. The molecule has 1 amide bonds. The fourth-order valence-electron chi connectivity index (χ4n) is 1.98. The van der Waals surface area contributed by atoms with Crippen LogP contribution in [0.1, 0.15) is 38.8 Å². The maximum Gasteiger partial charge on any atom is 0.390 e. The van der Waals surface area contributed by atoms with E-state index in [4.69, 9.17) is 0 Å². The molecule has 0 fully saturated rings. The first kappa shape index (κ1) is 17.5. The van der Waals surface area contributed by atoms with Crippen LogP contribution in [0.2, 0.25) is 0 Å². The highest BCUT2D eigenvalue weighted by atomic mass is 19.4. The summed E-state index contributed by atoms with van der Waals surface area (Å²) in [5.41, 5.74) is 0.513. The Kier molecular flexibility index (Phi) is 6.20. The van der Waals surface area contributed by atoms with E-state index in [2.05, 4.69) is 10.6 Å². The summed E-state index contributed by atoms with van der Waals surface area (Å²) in [6, 6.07) is 6.63. The van der Waals surface area contributed by atoms with Gasteiger partial charge in [-0.1, -0.05) is 30.3 Å². The molecule has 0 aromatic heterocycles. The van der Waals surface area contributed by atoms with E-state index in [1.165, 1.54) is 0 Å². The van der Waals surface area contributed by atoms with Crippen molar-refractivity contribution in [3.8, 4) is 0 Å². The van der Waals surface area contributed by atoms with E-state index in [0.29, 0.717) is 5.56 Å². The second-order valence-corrected chi connectivity index (χ2v) is 5.33. The van der Waals surface area contributed by atoms with Gasteiger partial charge in [-0.15, -0.1) is 0 Å². The SMILES string of the molecule is CC(C)NC(=O)C(C)NC(CC(F)(F)F)c1ccccc1. The minimum atomic E-state index is -4.30. The minimum Gasteiger partial charge on any atom is -0.353 e. The maximum atomic E-state index is 12.7. The number of carbonyl (C=O) groups is 1. The van der Waals surface area contributed by atoms with Crippen molar-refractivity contribution in [2.75, 3.05) is 0 Å². The number of benzene rings is 1. The van der Waals surface area contributed by atoms with Gasteiger partial charge in [0.1, 0.15) is 0 Å². The normalized spacial score (nSPS) is 14.8. The zero-order valence-corrected chi connectivity index (χ0v) is 12.4. The molecule has 0 bridgehead atoms. The van der Waals surface area contributed by atoms with Crippen LogP contribution in [0.4, 0.5) is 13.2 Å². The van der Waals surface area contributed by atoms with Gasteiger partial charge in [0.2, 0.25) is 5.91 Å². The number of amides is 1. The maximum absolute atomic E-state index is 12.7. The summed E-state index contributed by atoms with van der Waals surface area (Å²) >= 11 is 0. The molecule has 1 rings (SSSR count). The molecule has 2 unspecified atom stereocenters. The first-order valence-corrected chi connectivity index (χ1v) is 6.87. The lowest BCUT2D eigenvalue weighted by Crippen LogP contribution is -2.46. The fourth-order valence-corrected chi connectivity index (χ4v) is 1.98. The third-order valence-corrected chi connectivity index (χ3v) is 2.91. The number of hydrogen-bond donors (Lipinski definition) is 2. The molecule has 0 spiro atoms. The van der Waals surface area contributed by atoms with Crippen molar-refractivity contribution in [3.05, 3.63) is 35.9 Å². The van der Waals surface area contributed by atoms with E-state index in [1.54, 1.807) is 51.1 Å². The summed E-state index contributed by atoms with van der Waals surface area (Å²) in [5, 5.41) is 5.44. The first-order valence-electron chi connectivity index (χ1n) is 6.87. The van der Waals surface area contributed by atoms with E-state index < -0.39 is 24.7 Å². The second kappa shape index (κ2) is 7.45. The lowest BCUT2D eigenvalue weighted by molar-refractivity contribution is -0.142. The van der Waals surface area contributed by atoms with Gasteiger partial charge in [-0.2, -0.15) is 13.2 Å². The number of halogens is 3. The molecular weight excluding hydrogens is 281 g/mol. The van der Waals surface area contributed by atoms with Gasteiger partial charge in [0.15, 0.2) is 0 Å². The van der Waals surface area contributed by atoms with Crippen LogP contribution in [0.3, 0.4) is 0 Å². The van der Waals surface area contributed by atoms with Crippen LogP contribution >= 0.6 is 0 Å². The van der Waals surface area contributed by atoms with Gasteiger partial charge in [-0.25, -0.2) is 0 Å². The highest BCUT2D eigenvalue weighted by Gasteiger charge is 2.33. The Morgan fingerprint density at radius 1 is 1.14 bits per heavy atom. The average Bonchev–Trinajstić information content (AvgIpc) is 2.36. The third kappa shape index (κ3) is 6.62. The molecule has 0 saturated carbocycles. The number of nitrogens with one attached hydrogen (secondary N) is 2. The molecule has 2 atom stereocenters. The summed E-state index contributed by atoms with van der Waals surface area (Å²) in [4.78, 5) is 11.8. The second-order valence-electron chi connectivity index (χ2n) is 5.33. The highest BCUT2D eigenvalue weighted by molar-refractivity contribution is 5.81. The number of alkyl halides is 3. The van der Waals surface area contributed by atoms with Crippen molar-refractivity contribution < 1.29 is 18.0 Å². The Balaban J connectivity index is 2.81. The van der Waals surface area contributed by atoms with Crippen LogP contribution < -0.4 is 10.6 Å². The number of hydrogen-bond acceptors (Lipinski definition) is 2. The largest absolute Gasteiger partial charge is 0.390 e. The van der Waals surface area contributed by atoms with Crippen molar-refractivity contribution in [1.82, 2.24) is 10.6 Å². The van der Waals surface area contributed by atoms with Crippen molar-refractivity contribution in [2.24, 2.45) is 0 Å². The molecule has 118 valence electrons. The summed E-state index contributed by atoms with van der Waals surface area (Å²) in [7, 11) is 0. The molecule has 2 N–H and O–H groups in total. The van der Waals surface area contributed by atoms with Crippen molar-refractivity contribution in [1.29, 1.82) is 0 Å². The highest BCUT2D eigenvalue weighted by Crippen LogP contribution is 2.29. The van der Waals surface area contributed by atoms with Crippen molar-refractivity contribution in [2.45, 2.75) is 51.5 Å². The molecule has 6 heteroatoms. The summed E-state index contributed by atoms with van der Waals surface area (Å²) in [5.74, 6) is -0.312. The zero-order valence-electron chi connectivity index (χ0n) is 12.4. The molecule has 0 aliphatic carbocycles. The Hall–Kier alpha value is -1.56. The molecule has 3 nitrogen and oxygen atoms in total. The fraction of sp³-hybridized carbons (Fsp3) is 0.533. The predicted octanol–water partition coefficient (Wildman–Crippen LogP) is 3.18. The van der Waals surface area contributed by atoms with Gasteiger partial charge in [-0.05, 0) is 26.3 Å². The molecule has 0 aliphatic heterocycles. The minimum absolute atomic E-state index is 0.0560. The topological polar surface area (TPSA) is 41.1 Å². The van der Waals surface area contributed by atoms with Gasteiger partial charge < -0.3 is 5.32 Å². The van der Waals surface area contributed by atoms with Crippen molar-refractivity contribution >= 4 is 5.91 Å². The lowest BCUT2D eigenvalue weighted by atomic mass is 10.0. The van der Waals surface area contributed by atoms with Crippen LogP contribution in [0, 0.1) is 0 Å². The van der Waals surface area contributed by atoms with E-state index in [9.17, 15) is 18.0 Å². The van der Waals surface area contributed by atoms with E-state index in [1.807, 2.05) is 0 Å². The Bertz CT molecular complexity index is 446. The van der Waals surface area contributed by atoms with E-state index in [-0.39, 0.29) is 11.9 Å². The molecule has 21 heavy (non-hydrogen) atoms.